The van der Waals surface area contributed by atoms with E-state index in [4.69, 9.17) is 0 Å². The lowest BCUT2D eigenvalue weighted by Gasteiger charge is -2.22. The van der Waals surface area contributed by atoms with Gasteiger partial charge in [0.05, 0.1) is 5.39 Å². The Kier molecular flexibility index (Phi) is 3.17. The van der Waals surface area contributed by atoms with E-state index in [9.17, 15) is 9.59 Å². The van der Waals surface area contributed by atoms with Crippen molar-refractivity contribution in [1.29, 1.82) is 0 Å². The molecule has 106 valence electrons. The molecule has 0 atom stereocenters. The molecule has 0 saturated carbocycles. The van der Waals surface area contributed by atoms with Crippen LogP contribution in [0, 0.1) is 0 Å². The molecule has 0 amide bonds. The van der Waals surface area contributed by atoms with Crippen LogP contribution in [0.3, 0.4) is 0 Å². The molecule has 1 aliphatic heterocycles. The van der Waals surface area contributed by atoms with Crippen molar-refractivity contribution in [2.75, 3.05) is 13.1 Å². The highest BCUT2D eigenvalue weighted by Gasteiger charge is 2.17. The molecule has 0 radical (unpaired) electrons. The standard InChI is InChI=1S/C14H18N4O2/c1-17-12-11(13(19)18(2)14(17)20)7-10(8-16-12)9-3-5-15-6-4-9/h7-9,15H,3-6H2,1-2H3. The van der Waals surface area contributed by atoms with Crippen LogP contribution in [0.15, 0.2) is 21.9 Å². The largest absolute Gasteiger partial charge is 0.332 e. The maximum absolute atomic E-state index is 12.2. The summed E-state index contributed by atoms with van der Waals surface area (Å²) in [7, 11) is 3.14. The third-order valence-electron chi connectivity index (χ3n) is 4.12. The zero-order chi connectivity index (χ0) is 14.3. The maximum atomic E-state index is 12.2. The van der Waals surface area contributed by atoms with E-state index in [0.29, 0.717) is 17.0 Å². The molecule has 1 fully saturated rings. The van der Waals surface area contributed by atoms with Gasteiger partial charge < -0.3 is 5.32 Å². The molecule has 2 aromatic heterocycles. The highest BCUT2D eigenvalue weighted by molar-refractivity contribution is 5.74. The number of hydrogen-bond acceptors (Lipinski definition) is 4. The second-order valence-electron chi connectivity index (χ2n) is 5.37. The van der Waals surface area contributed by atoms with Crippen LogP contribution in [0.1, 0.15) is 24.3 Å². The molecule has 3 heterocycles. The summed E-state index contributed by atoms with van der Waals surface area (Å²) >= 11 is 0. The van der Waals surface area contributed by atoms with E-state index in [1.54, 1.807) is 13.2 Å². The molecule has 2 aromatic rings. The van der Waals surface area contributed by atoms with E-state index >= 15 is 0 Å². The molecule has 1 saturated heterocycles. The molecule has 1 N–H and O–H groups in total. The molecule has 3 rings (SSSR count). The van der Waals surface area contributed by atoms with Crippen molar-refractivity contribution in [2.45, 2.75) is 18.8 Å². The summed E-state index contributed by atoms with van der Waals surface area (Å²) in [5.41, 5.74) is 0.932. The lowest BCUT2D eigenvalue weighted by Crippen LogP contribution is -2.37. The van der Waals surface area contributed by atoms with Gasteiger partial charge in [0.2, 0.25) is 0 Å². The molecule has 0 spiro atoms. The zero-order valence-corrected chi connectivity index (χ0v) is 11.7. The Hall–Kier alpha value is -1.95. The van der Waals surface area contributed by atoms with E-state index < -0.39 is 0 Å². The highest BCUT2D eigenvalue weighted by Crippen LogP contribution is 2.25. The minimum atomic E-state index is -0.343. The van der Waals surface area contributed by atoms with Crippen molar-refractivity contribution in [3.8, 4) is 0 Å². The molecule has 0 aromatic carbocycles. The number of pyridine rings is 1. The predicted octanol–water partition coefficient (Wildman–Crippen LogP) is 0.0992. The predicted molar refractivity (Wildman–Crippen MR) is 77.1 cm³/mol. The summed E-state index contributed by atoms with van der Waals surface area (Å²) in [4.78, 5) is 28.4. The van der Waals surface area contributed by atoms with Crippen molar-refractivity contribution in [1.82, 2.24) is 19.4 Å². The molecular formula is C14H18N4O2. The van der Waals surface area contributed by atoms with E-state index in [1.807, 2.05) is 6.07 Å². The maximum Gasteiger partial charge on any atom is 0.332 e. The van der Waals surface area contributed by atoms with Crippen LogP contribution in [-0.2, 0) is 14.1 Å². The Morgan fingerprint density at radius 1 is 1.20 bits per heavy atom. The van der Waals surface area contributed by atoms with E-state index in [-0.39, 0.29) is 11.2 Å². The molecule has 0 unspecified atom stereocenters. The third kappa shape index (κ3) is 1.96. The number of rotatable bonds is 1. The highest BCUT2D eigenvalue weighted by atomic mass is 16.2. The van der Waals surface area contributed by atoms with Crippen molar-refractivity contribution in [3.63, 3.8) is 0 Å². The Labute approximate surface area is 116 Å². The summed E-state index contributed by atoms with van der Waals surface area (Å²) in [5, 5.41) is 3.85. The first kappa shape index (κ1) is 13.1. The summed E-state index contributed by atoms with van der Waals surface area (Å²) in [6, 6.07) is 1.90. The van der Waals surface area contributed by atoms with Gasteiger partial charge in [-0.25, -0.2) is 9.78 Å². The van der Waals surface area contributed by atoms with Crippen molar-refractivity contribution >= 4 is 11.0 Å². The number of fused-ring (bicyclic) bond motifs is 1. The van der Waals surface area contributed by atoms with E-state index in [1.165, 1.54) is 11.6 Å². The number of piperidine rings is 1. The molecule has 6 heteroatoms. The van der Waals surface area contributed by atoms with Gasteiger partial charge in [0.25, 0.3) is 5.56 Å². The SMILES string of the molecule is Cn1c(=O)c2cc(C3CCNCC3)cnc2n(C)c1=O. The second kappa shape index (κ2) is 4.86. The first-order valence-corrected chi connectivity index (χ1v) is 6.86. The molecular weight excluding hydrogens is 256 g/mol. The molecule has 20 heavy (non-hydrogen) atoms. The fourth-order valence-corrected chi connectivity index (χ4v) is 2.86. The zero-order valence-electron chi connectivity index (χ0n) is 11.7. The van der Waals surface area contributed by atoms with Crippen LogP contribution < -0.4 is 16.6 Å². The van der Waals surface area contributed by atoms with Crippen LogP contribution in [0.4, 0.5) is 0 Å². The summed E-state index contributed by atoms with van der Waals surface area (Å²) in [5.74, 6) is 0.440. The smallest absolute Gasteiger partial charge is 0.317 e. The second-order valence-corrected chi connectivity index (χ2v) is 5.37. The number of aryl methyl sites for hydroxylation is 1. The van der Waals surface area contributed by atoms with E-state index in [0.717, 1.165) is 36.1 Å². The lowest BCUT2D eigenvalue weighted by atomic mass is 9.91. The van der Waals surface area contributed by atoms with Gasteiger partial charge in [-0.05, 0) is 43.5 Å². The monoisotopic (exact) mass is 274 g/mol. The van der Waals surface area contributed by atoms with Gasteiger partial charge in [-0.1, -0.05) is 0 Å². The molecule has 6 nitrogen and oxygen atoms in total. The topological polar surface area (TPSA) is 68.9 Å². The number of nitrogens with one attached hydrogen (secondary N) is 1. The Balaban J connectivity index is 2.20. The van der Waals surface area contributed by atoms with Crippen LogP contribution >= 0.6 is 0 Å². The third-order valence-corrected chi connectivity index (χ3v) is 4.12. The number of hydrogen-bond donors (Lipinski definition) is 1. The van der Waals surface area contributed by atoms with Gasteiger partial charge in [-0.2, -0.15) is 0 Å². The van der Waals surface area contributed by atoms with Gasteiger partial charge in [-0.3, -0.25) is 13.9 Å². The van der Waals surface area contributed by atoms with Crippen LogP contribution in [0.25, 0.3) is 11.0 Å². The minimum Gasteiger partial charge on any atom is -0.317 e. The summed E-state index contributed by atoms with van der Waals surface area (Å²) < 4.78 is 2.55. The first-order chi connectivity index (χ1) is 9.59. The number of aromatic nitrogens is 3. The van der Waals surface area contributed by atoms with Crippen LogP contribution in [0.5, 0.6) is 0 Å². The average Bonchev–Trinajstić information content (AvgIpc) is 2.51. The Bertz CT molecular complexity index is 769. The van der Waals surface area contributed by atoms with Crippen molar-refractivity contribution in [2.24, 2.45) is 14.1 Å². The van der Waals surface area contributed by atoms with Crippen LogP contribution in [-0.4, -0.2) is 27.2 Å². The van der Waals surface area contributed by atoms with Gasteiger partial charge in [-0.15, -0.1) is 0 Å². The molecule has 0 aliphatic carbocycles. The fraction of sp³-hybridized carbons (Fsp3) is 0.500. The average molecular weight is 274 g/mol. The van der Waals surface area contributed by atoms with Gasteiger partial charge in [0, 0.05) is 20.3 Å². The number of nitrogens with zero attached hydrogens (tertiary/aromatic N) is 3. The van der Waals surface area contributed by atoms with Crippen molar-refractivity contribution in [3.05, 3.63) is 38.7 Å². The van der Waals surface area contributed by atoms with Gasteiger partial charge in [0.1, 0.15) is 5.65 Å². The minimum absolute atomic E-state index is 0.272. The summed E-state index contributed by atoms with van der Waals surface area (Å²) in [6.45, 7) is 1.99. The fourth-order valence-electron chi connectivity index (χ4n) is 2.86. The lowest BCUT2D eigenvalue weighted by molar-refractivity contribution is 0.460. The van der Waals surface area contributed by atoms with E-state index in [2.05, 4.69) is 10.3 Å². The Morgan fingerprint density at radius 2 is 1.90 bits per heavy atom. The first-order valence-electron chi connectivity index (χ1n) is 6.86. The molecule has 0 bridgehead atoms. The normalized spacial score (nSPS) is 16.7. The van der Waals surface area contributed by atoms with Gasteiger partial charge >= 0.3 is 5.69 Å². The Morgan fingerprint density at radius 3 is 2.60 bits per heavy atom. The quantitative estimate of drug-likeness (QED) is 0.801. The van der Waals surface area contributed by atoms with Crippen molar-refractivity contribution < 1.29 is 0 Å². The van der Waals surface area contributed by atoms with Gasteiger partial charge in [0.15, 0.2) is 0 Å². The molecule has 1 aliphatic rings. The van der Waals surface area contributed by atoms with Crippen LogP contribution in [0.2, 0.25) is 0 Å². The summed E-state index contributed by atoms with van der Waals surface area (Å²) in [6.07, 6.45) is 3.91.